The summed E-state index contributed by atoms with van der Waals surface area (Å²) in [6.45, 7) is 0. The Bertz CT molecular complexity index is 573. The van der Waals surface area contributed by atoms with E-state index in [1.54, 1.807) is 0 Å². The minimum absolute atomic E-state index is 0.686. The second kappa shape index (κ2) is 4.66. The molecule has 0 spiro atoms. The molecular weight excluding hydrogens is 242 g/mol. The van der Waals surface area contributed by atoms with Crippen LogP contribution in [0.25, 0.3) is 11.1 Å². The van der Waals surface area contributed by atoms with Crippen molar-refractivity contribution in [3.63, 3.8) is 0 Å². The summed E-state index contributed by atoms with van der Waals surface area (Å²) in [5.74, 6) is 0.749. The highest BCUT2D eigenvalue weighted by atomic mass is 35.5. The van der Waals surface area contributed by atoms with Crippen LogP contribution in [-0.4, -0.2) is 0 Å². The normalized spacial score (nSPS) is 15.4. The van der Waals surface area contributed by atoms with Gasteiger partial charge in [-0.1, -0.05) is 48.4 Å². The molecule has 0 heterocycles. The predicted octanol–water partition coefficient (Wildman–Crippen LogP) is 4.86. The smallest absolute Gasteiger partial charge is 0.0426 e. The molecule has 2 aromatic carbocycles. The molecule has 0 saturated heterocycles. The first-order valence-corrected chi connectivity index (χ1v) is 6.77. The fourth-order valence-electron chi connectivity index (χ4n) is 2.50. The van der Waals surface area contributed by atoms with Gasteiger partial charge in [0.2, 0.25) is 0 Å². The average Bonchev–Trinajstić information content (AvgIpc) is 2.27. The van der Waals surface area contributed by atoms with E-state index in [2.05, 4.69) is 24.3 Å². The van der Waals surface area contributed by atoms with Crippen LogP contribution in [0.15, 0.2) is 42.5 Å². The first-order chi connectivity index (χ1) is 8.74. The predicted molar refractivity (Wildman–Crippen MR) is 77.9 cm³/mol. The molecule has 1 nitrogen and oxygen atoms in total. The summed E-state index contributed by atoms with van der Waals surface area (Å²) >= 11 is 5.94. The number of nitrogen functional groups attached to an aromatic ring is 1. The molecule has 2 N–H and O–H groups in total. The lowest BCUT2D eigenvalue weighted by atomic mass is 9.79. The van der Waals surface area contributed by atoms with E-state index in [9.17, 15) is 0 Å². The van der Waals surface area contributed by atoms with Crippen molar-refractivity contribution in [1.29, 1.82) is 0 Å². The van der Waals surface area contributed by atoms with Crippen LogP contribution in [-0.2, 0) is 0 Å². The van der Waals surface area contributed by atoms with Gasteiger partial charge in [-0.25, -0.2) is 0 Å². The molecular formula is C16H16ClN. The molecule has 2 heteroatoms. The molecule has 0 atom stereocenters. The number of hydrogen-bond donors (Lipinski definition) is 1. The first kappa shape index (κ1) is 11.6. The zero-order valence-electron chi connectivity index (χ0n) is 10.2. The minimum Gasteiger partial charge on any atom is -0.398 e. The molecule has 0 aliphatic heterocycles. The highest BCUT2D eigenvalue weighted by molar-refractivity contribution is 6.31. The van der Waals surface area contributed by atoms with Crippen molar-refractivity contribution < 1.29 is 0 Å². The summed E-state index contributed by atoms with van der Waals surface area (Å²) in [6, 6.07) is 14.4. The summed E-state index contributed by atoms with van der Waals surface area (Å²) in [5, 5.41) is 0.686. The second-order valence-electron chi connectivity index (χ2n) is 4.98. The van der Waals surface area contributed by atoms with Gasteiger partial charge >= 0.3 is 0 Å². The summed E-state index contributed by atoms with van der Waals surface area (Å²) < 4.78 is 0. The Labute approximate surface area is 113 Å². The maximum absolute atomic E-state index is 6.04. The molecule has 0 unspecified atom stereocenters. The quantitative estimate of drug-likeness (QED) is 0.764. The molecule has 3 rings (SSSR count). The van der Waals surface area contributed by atoms with E-state index < -0.39 is 0 Å². The van der Waals surface area contributed by atoms with Crippen molar-refractivity contribution in [3.8, 4) is 11.1 Å². The number of hydrogen-bond acceptors (Lipinski definition) is 1. The molecule has 2 aromatic rings. The number of rotatable bonds is 2. The van der Waals surface area contributed by atoms with Crippen LogP contribution >= 0.6 is 11.6 Å². The van der Waals surface area contributed by atoms with Gasteiger partial charge in [-0.2, -0.15) is 0 Å². The lowest BCUT2D eigenvalue weighted by molar-refractivity contribution is 0.420. The van der Waals surface area contributed by atoms with Gasteiger partial charge in [0, 0.05) is 16.3 Å². The third-order valence-corrected chi connectivity index (χ3v) is 4.02. The van der Waals surface area contributed by atoms with Gasteiger partial charge in [-0.05, 0) is 42.0 Å². The molecule has 1 fully saturated rings. The maximum Gasteiger partial charge on any atom is 0.0426 e. The zero-order valence-corrected chi connectivity index (χ0v) is 11.0. The van der Waals surface area contributed by atoms with Crippen LogP contribution in [0.3, 0.4) is 0 Å². The van der Waals surface area contributed by atoms with Crippen molar-refractivity contribution in [3.05, 3.63) is 53.1 Å². The highest BCUT2D eigenvalue weighted by Crippen LogP contribution is 2.38. The van der Waals surface area contributed by atoms with Crippen LogP contribution in [0, 0.1) is 0 Å². The third-order valence-electron chi connectivity index (χ3n) is 3.79. The van der Waals surface area contributed by atoms with Gasteiger partial charge < -0.3 is 5.73 Å². The second-order valence-corrected chi connectivity index (χ2v) is 5.42. The fraction of sp³-hybridized carbons (Fsp3) is 0.250. The summed E-state index contributed by atoms with van der Waals surface area (Å²) in [6.07, 6.45) is 4.00. The van der Waals surface area contributed by atoms with E-state index >= 15 is 0 Å². The summed E-state index contributed by atoms with van der Waals surface area (Å²) in [5.41, 5.74) is 10.5. The topological polar surface area (TPSA) is 26.0 Å². The van der Waals surface area contributed by atoms with Gasteiger partial charge in [0.1, 0.15) is 0 Å². The van der Waals surface area contributed by atoms with Gasteiger partial charge in [0.25, 0.3) is 0 Å². The van der Waals surface area contributed by atoms with Gasteiger partial charge in [-0.3, -0.25) is 0 Å². The average molecular weight is 258 g/mol. The van der Waals surface area contributed by atoms with Crippen molar-refractivity contribution in [2.45, 2.75) is 25.2 Å². The maximum atomic E-state index is 6.04. The minimum atomic E-state index is 0.686. The van der Waals surface area contributed by atoms with Crippen LogP contribution in [0.4, 0.5) is 5.69 Å². The molecule has 92 valence electrons. The fourth-order valence-corrected chi connectivity index (χ4v) is 2.68. The van der Waals surface area contributed by atoms with E-state index in [0.29, 0.717) is 5.02 Å². The molecule has 1 aliphatic carbocycles. The first-order valence-electron chi connectivity index (χ1n) is 6.39. The molecule has 0 aromatic heterocycles. The summed E-state index contributed by atoms with van der Waals surface area (Å²) in [4.78, 5) is 0. The number of halogens is 1. The largest absolute Gasteiger partial charge is 0.398 e. The monoisotopic (exact) mass is 257 g/mol. The van der Waals surface area contributed by atoms with Crippen LogP contribution in [0.1, 0.15) is 30.7 Å². The summed E-state index contributed by atoms with van der Waals surface area (Å²) in [7, 11) is 0. The van der Waals surface area contributed by atoms with Crippen molar-refractivity contribution in [2.75, 3.05) is 5.73 Å². The van der Waals surface area contributed by atoms with E-state index in [0.717, 1.165) is 17.2 Å². The number of anilines is 1. The third kappa shape index (κ3) is 2.11. The molecule has 1 saturated carbocycles. The van der Waals surface area contributed by atoms with Gasteiger partial charge in [-0.15, -0.1) is 0 Å². The van der Waals surface area contributed by atoms with Gasteiger partial charge in [0.05, 0.1) is 0 Å². The van der Waals surface area contributed by atoms with Crippen molar-refractivity contribution in [1.82, 2.24) is 0 Å². The van der Waals surface area contributed by atoms with E-state index in [4.69, 9.17) is 17.3 Å². The van der Waals surface area contributed by atoms with Crippen LogP contribution in [0.5, 0.6) is 0 Å². The van der Waals surface area contributed by atoms with E-state index in [-0.39, 0.29) is 0 Å². The lowest BCUT2D eigenvalue weighted by Gasteiger charge is -2.26. The molecule has 0 bridgehead atoms. The van der Waals surface area contributed by atoms with Crippen molar-refractivity contribution in [2.24, 2.45) is 0 Å². The molecule has 0 radical (unpaired) electrons. The Morgan fingerprint density at radius 3 is 2.56 bits per heavy atom. The van der Waals surface area contributed by atoms with Crippen LogP contribution < -0.4 is 5.73 Å². The van der Waals surface area contributed by atoms with Crippen LogP contribution in [0.2, 0.25) is 5.02 Å². The Morgan fingerprint density at radius 2 is 1.89 bits per heavy atom. The Hall–Kier alpha value is -1.47. The molecule has 1 aliphatic rings. The lowest BCUT2D eigenvalue weighted by Crippen LogP contribution is -2.08. The van der Waals surface area contributed by atoms with Crippen molar-refractivity contribution >= 4 is 17.3 Å². The van der Waals surface area contributed by atoms with Gasteiger partial charge in [0.15, 0.2) is 0 Å². The van der Waals surface area contributed by atoms with E-state index in [1.165, 1.54) is 30.4 Å². The molecule has 0 amide bonds. The number of benzene rings is 2. The zero-order chi connectivity index (χ0) is 12.5. The molecule has 18 heavy (non-hydrogen) atoms. The highest BCUT2D eigenvalue weighted by Gasteiger charge is 2.19. The Kier molecular flexibility index (Phi) is 3.00. The standard InChI is InChI=1S/C16H16ClN/c17-14-7-8-15(16(18)10-14)13-6-2-5-12(9-13)11-3-1-4-11/h2,5-11H,1,3-4,18H2. The Balaban J connectivity index is 2.00. The number of nitrogens with two attached hydrogens (primary N) is 1. The Morgan fingerprint density at radius 1 is 1.06 bits per heavy atom. The SMILES string of the molecule is Nc1cc(Cl)ccc1-c1cccc(C2CCC2)c1. The van der Waals surface area contributed by atoms with E-state index in [1.807, 2.05) is 18.2 Å².